The molecule has 0 aliphatic carbocycles. The van der Waals surface area contributed by atoms with Crippen LogP contribution in [0.5, 0.6) is 0 Å². The summed E-state index contributed by atoms with van der Waals surface area (Å²) >= 11 is 0. The fourth-order valence-corrected chi connectivity index (χ4v) is 3.80. The van der Waals surface area contributed by atoms with Crippen molar-refractivity contribution in [2.45, 2.75) is 19.8 Å². The van der Waals surface area contributed by atoms with Crippen molar-refractivity contribution in [3.8, 4) is 0 Å². The number of hydrogen-bond donors (Lipinski definition) is 2. The van der Waals surface area contributed by atoms with Crippen LogP contribution in [0.15, 0.2) is 59.4 Å². The quantitative estimate of drug-likeness (QED) is 0.617. The van der Waals surface area contributed by atoms with E-state index in [-0.39, 0.29) is 5.56 Å². The van der Waals surface area contributed by atoms with Crippen molar-refractivity contribution in [2.75, 3.05) is 29.9 Å². The molecule has 0 atom stereocenters. The van der Waals surface area contributed by atoms with E-state index in [4.69, 9.17) is 4.74 Å². The van der Waals surface area contributed by atoms with Crippen molar-refractivity contribution in [3.63, 3.8) is 0 Å². The number of ether oxygens (including phenoxy) is 1. The van der Waals surface area contributed by atoms with Gasteiger partial charge in [-0.15, -0.1) is 0 Å². The molecule has 0 saturated carbocycles. The third kappa shape index (κ3) is 4.94. The number of rotatable bonds is 5. The molecular weight excluding hydrogens is 394 g/mol. The lowest BCUT2D eigenvalue weighted by atomic mass is 9.99. The van der Waals surface area contributed by atoms with Gasteiger partial charge < -0.3 is 19.9 Å². The van der Waals surface area contributed by atoms with E-state index in [1.807, 2.05) is 24.3 Å². The molecule has 1 aromatic heterocycles. The largest absolute Gasteiger partial charge is 0.452 e. The second kappa shape index (κ2) is 9.04. The van der Waals surface area contributed by atoms with Crippen molar-refractivity contribution < 1.29 is 14.3 Å². The van der Waals surface area contributed by atoms with E-state index in [1.54, 1.807) is 24.3 Å². The molecule has 1 amide bonds. The molecule has 4 rings (SSSR count). The standard InChI is InChI=1S/C24H25N3O4/c1-16-10-12-27(13-11-16)18-8-6-17(7-9-18)25-23(29)15-31-24(30)20-14-22(28)26-21-5-3-2-4-19(20)21/h2-9,14,16H,10-13,15H2,1H3,(H,25,29)(H,26,28). The minimum absolute atomic E-state index is 0.132. The molecule has 3 aromatic rings. The maximum absolute atomic E-state index is 12.5. The zero-order chi connectivity index (χ0) is 21.8. The Morgan fingerprint density at radius 1 is 1.10 bits per heavy atom. The van der Waals surface area contributed by atoms with E-state index in [2.05, 4.69) is 22.1 Å². The molecule has 1 aliphatic heterocycles. The Hall–Kier alpha value is -3.61. The summed E-state index contributed by atoms with van der Waals surface area (Å²) in [7, 11) is 0. The number of nitrogens with one attached hydrogen (secondary N) is 2. The van der Waals surface area contributed by atoms with Crippen molar-refractivity contribution in [3.05, 3.63) is 70.5 Å². The van der Waals surface area contributed by atoms with Crippen LogP contribution in [-0.4, -0.2) is 36.6 Å². The first-order valence-corrected chi connectivity index (χ1v) is 10.4. The zero-order valence-electron chi connectivity index (χ0n) is 17.4. The number of amides is 1. The summed E-state index contributed by atoms with van der Waals surface area (Å²) in [6.07, 6.45) is 2.37. The highest BCUT2D eigenvalue weighted by Gasteiger charge is 2.17. The van der Waals surface area contributed by atoms with Gasteiger partial charge in [-0.05, 0) is 49.1 Å². The molecule has 0 spiro atoms. The second-order valence-electron chi connectivity index (χ2n) is 7.93. The average molecular weight is 419 g/mol. The van der Waals surface area contributed by atoms with Gasteiger partial charge in [0.1, 0.15) is 0 Å². The number of carbonyl (C=O) groups excluding carboxylic acids is 2. The van der Waals surface area contributed by atoms with Crippen LogP contribution in [-0.2, 0) is 9.53 Å². The highest BCUT2D eigenvalue weighted by molar-refractivity contribution is 6.04. The maximum Gasteiger partial charge on any atom is 0.339 e. The van der Waals surface area contributed by atoms with Crippen molar-refractivity contribution in [1.82, 2.24) is 4.98 Å². The van der Waals surface area contributed by atoms with Gasteiger partial charge >= 0.3 is 5.97 Å². The number of pyridine rings is 1. The molecular formula is C24H25N3O4. The van der Waals surface area contributed by atoms with E-state index >= 15 is 0 Å². The number of piperidine rings is 1. The lowest BCUT2D eigenvalue weighted by Gasteiger charge is -2.32. The van der Waals surface area contributed by atoms with Gasteiger partial charge in [0.25, 0.3) is 5.91 Å². The summed E-state index contributed by atoms with van der Waals surface area (Å²) in [5.74, 6) is -0.390. The van der Waals surface area contributed by atoms with Crippen molar-refractivity contribution in [2.24, 2.45) is 5.92 Å². The molecule has 2 aromatic carbocycles. The fourth-order valence-electron chi connectivity index (χ4n) is 3.80. The summed E-state index contributed by atoms with van der Waals surface area (Å²) in [6.45, 7) is 3.92. The third-order valence-corrected chi connectivity index (χ3v) is 5.60. The number of carbonyl (C=O) groups is 2. The molecule has 1 aliphatic rings. The number of H-pyrrole nitrogens is 1. The van der Waals surface area contributed by atoms with Gasteiger partial charge in [0.2, 0.25) is 5.56 Å². The van der Waals surface area contributed by atoms with Gasteiger partial charge in [-0.25, -0.2) is 4.79 Å². The highest BCUT2D eigenvalue weighted by atomic mass is 16.5. The molecule has 7 heteroatoms. The monoisotopic (exact) mass is 419 g/mol. The van der Waals surface area contributed by atoms with Crippen molar-refractivity contribution in [1.29, 1.82) is 0 Å². The van der Waals surface area contributed by atoms with Crippen LogP contribution in [0, 0.1) is 5.92 Å². The Morgan fingerprint density at radius 3 is 2.55 bits per heavy atom. The first-order chi connectivity index (χ1) is 15.0. The van der Waals surface area contributed by atoms with E-state index in [1.165, 1.54) is 18.9 Å². The Balaban J connectivity index is 1.34. The van der Waals surface area contributed by atoms with Crippen molar-refractivity contribution >= 4 is 34.2 Å². The van der Waals surface area contributed by atoms with Crippen LogP contribution >= 0.6 is 0 Å². The van der Waals surface area contributed by atoms with E-state index in [0.717, 1.165) is 24.7 Å². The highest BCUT2D eigenvalue weighted by Crippen LogP contribution is 2.24. The number of para-hydroxylation sites is 1. The fraction of sp³-hybridized carbons (Fsp3) is 0.292. The first-order valence-electron chi connectivity index (χ1n) is 10.4. The molecule has 2 N–H and O–H groups in total. The van der Waals surface area contributed by atoms with E-state index < -0.39 is 24.0 Å². The second-order valence-corrected chi connectivity index (χ2v) is 7.93. The molecule has 7 nitrogen and oxygen atoms in total. The summed E-state index contributed by atoms with van der Waals surface area (Å²) in [5.41, 5.74) is 2.04. The number of benzene rings is 2. The van der Waals surface area contributed by atoms with Gasteiger partial charge in [0.05, 0.1) is 5.56 Å². The maximum atomic E-state index is 12.5. The van der Waals surface area contributed by atoms with E-state index in [0.29, 0.717) is 16.6 Å². The lowest BCUT2D eigenvalue weighted by molar-refractivity contribution is -0.119. The molecule has 160 valence electrons. The molecule has 0 bridgehead atoms. The first kappa shape index (κ1) is 20.7. The van der Waals surface area contributed by atoms with Crippen LogP contribution < -0.4 is 15.8 Å². The Bertz CT molecular complexity index is 1150. The molecule has 1 saturated heterocycles. The SMILES string of the molecule is CC1CCN(c2ccc(NC(=O)COC(=O)c3cc(=O)[nH]c4ccccc34)cc2)CC1. The number of hydrogen-bond acceptors (Lipinski definition) is 5. The summed E-state index contributed by atoms with van der Waals surface area (Å²) in [4.78, 5) is 41.5. The molecule has 2 heterocycles. The Kier molecular flexibility index (Phi) is 6.02. The number of nitrogens with zero attached hydrogens (tertiary/aromatic N) is 1. The lowest BCUT2D eigenvalue weighted by Crippen LogP contribution is -2.32. The number of aromatic amines is 1. The minimum atomic E-state index is -0.716. The predicted molar refractivity (Wildman–Crippen MR) is 121 cm³/mol. The van der Waals surface area contributed by atoms with Crippen LogP contribution in [0.2, 0.25) is 0 Å². The smallest absolute Gasteiger partial charge is 0.339 e. The molecule has 1 fully saturated rings. The molecule has 0 unspecified atom stereocenters. The summed E-state index contributed by atoms with van der Waals surface area (Å²) in [5, 5.41) is 3.30. The van der Waals surface area contributed by atoms with Gasteiger partial charge in [-0.1, -0.05) is 25.1 Å². The topological polar surface area (TPSA) is 91.5 Å². The van der Waals surface area contributed by atoms with Gasteiger partial charge in [0, 0.05) is 41.4 Å². The zero-order valence-corrected chi connectivity index (χ0v) is 17.4. The third-order valence-electron chi connectivity index (χ3n) is 5.60. The van der Waals surface area contributed by atoms with Crippen LogP contribution in [0.3, 0.4) is 0 Å². The summed E-state index contributed by atoms with van der Waals surface area (Å²) < 4.78 is 5.14. The van der Waals surface area contributed by atoms with Gasteiger partial charge in [-0.2, -0.15) is 0 Å². The normalized spacial score (nSPS) is 14.4. The van der Waals surface area contributed by atoms with E-state index in [9.17, 15) is 14.4 Å². The molecule has 31 heavy (non-hydrogen) atoms. The number of aromatic nitrogens is 1. The van der Waals surface area contributed by atoms with Gasteiger partial charge in [0.15, 0.2) is 6.61 Å². The number of anilines is 2. The molecule has 0 radical (unpaired) electrons. The number of fused-ring (bicyclic) bond motifs is 1. The minimum Gasteiger partial charge on any atom is -0.452 e. The predicted octanol–water partition coefficient (Wildman–Crippen LogP) is 3.56. The van der Waals surface area contributed by atoms with Crippen LogP contribution in [0.1, 0.15) is 30.1 Å². The van der Waals surface area contributed by atoms with Crippen LogP contribution in [0.4, 0.5) is 11.4 Å². The number of esters is 1. The van der Waals surface area contributed by atoms with Crippen LogP contribution in [0.25, 0.3) is 10.9 Å². The van der Waals surface area contributed by atoms with Gasteiger partial charge in [-0.3, -0.25) is 9.59 Å². The average Bonchev–Trinajstić information content (AvgIpc) is 2.78. The Labute approximate surface area is 180 Å². The summed E-state index contributed by atoms with van der Waals surface area (Å²) in [6, 6.07) is 15.8. The Morgan fingerprint density at radius 2 is 1.81 bits per heavy atom.